The number of methoxy groups -OCH3 is 1. The first-order valence-electron chi connectivity index (χ1n) is 10.1. The van der Waals surface area contributed by atoms with Gasteiger partial charge in [-0.2, -0.15) is 5.10 Å². The van der Waals surface area contributed by atoms with Gasteiger partial charge < -0.3 is 21.5 Å². The van der Waals surface area contributed by atoms with E-state index in [0.29, 0.717) is 42.4 Å². The highest BCUT2D eigenvalue weighted by molar-refractivity contribution is 8.15. The van der Waals surface area contributed by atoms with E-state index in [0.717, 1.165) is 28.3 Å². The summed E-state index contributed by atoms with van der Waals surface area (Å²) in [5, 5.41) is 7.87. The first-order valence-corrected chi connectivity index (χ1v) is 11.0. The van der Waals surface area contributed by atoms with Crippen LogP contribution in [0.25, 0.3) is 0 Å². The Labute approximate surface area is 186 Å². The monoisotopic (exact) mass is 443 g/mol. The molecule has 2 aromatic rings. The number of carbonyl (C=O) groups is 1. The summed E-state index contributed by atoms with van der Waals surface area (Å²) in [4.78, 5) is 21.4. The van der Waals surface area contributed by atoms with Crippen molar-refractivity contribution in [1.29, 1.82) is 0 Å². The average Bonchev–Trinajstić information content (AvgIpc) is 2.90. The van der Waals surface area contributed by atoms with Crippen LogP contribution in [0.15, 0.2) is 23.6 Å². The topological polar surface area (TPSA) is 133 Å². The molecule has 3 heterocycles. The van der Waals surface area contributed by atoms with Crippen molar-refractivity contribution in [2.24, 2.45) is 10.7 Å². The minimum absolute atomic E-state index is 0.0361. The van der Waals surface area contributed by atoms with Gasteiger partial charge in [-0.1, -0.05) is 18.3 Å². The van der Waals surface area contributed by atoms with E-state index in [1.807, 2.05) is 20.8 Å². The molecule has 1 amide bonds. The van der Waals surface area contributed by atoms with Gasteiger partial charge in [0.1, 0.15) is 22.4 Å². The second-order valence-electron chi connectivity index (χ2n) is 7.36. The lowest BCUT2D eigenvalue weighted by Gasteiger charge is -2.15. The largest absolute Gasteiger partial charge is 0.496 e. The fourth-order valence-corrected chi connectivity index (χ4v) is 4.84. The number of hydrogen-bond donors (Lipinski definition) is 3. The Hall–Kier alpha value is -3.01. The van der Waals surface area contributed by atoms with Gasteiger partial charge in [0.2, 0.25) is 5.91 Å². The maximum absolute atomic E-state index is 12.5. The van der Waals surface area contributed by atoms with Crippen molar-refractivity contribution in [3.8, 4) is 5.75 Å². The SMILES string of the molecule is C=C(N)N=C1SC(C(=O)NCC)CCc2nn(Cc3ncc(C)c(OC)c3C)c(N)c21. The zero-order valence-corrected chi connectivity index (χ0v) is 19.2. The van der Waals surface area contributed by atoms with Crippen LogP contribution in [0.5, 0.6) is 5.75 Å². The number of nitrogens with two attached hydrogens (primary N) is 2. The molecular formula is C21H29N7O2S. The third kappa shape index (κ3) is 4.68. The number of fused-ring (bicyclic) bond motifs is 1. The molecule has 9 nitrogen and oxygen atoms in total. The van der Waals surface area contributed by atoms with Gasteiger partial charge >= 0.3 is 0 Å². The molecule has 3 rings (SSSR count). The molecule has 0 saturated heterocycles. The van der Waals surface area contributed by atoms with Gasteiger partial charge in [-0.15, -0.1) is 0 Å². The van der Waals surface area contributed by atoms with Gasteiger partial charge in [0.15, 0.2) is 0 Å². The van der Waals surface area contributed by atoms with Crippen molar-refractivity contribution < 1.29 is 9.53 Å². The van der Waals surface area contributed by atoms with Gasteiger partial charge in [0.25, 0.3) is 0 Å². The predicted molar refractivity (Wildman–Crippen MR) is 124 cm³/mol. The van der Waals surface area contributed by atoms with Crippen molar-refractivity contribution >= 4 is 28.5 Å². The number of rotatable bonds is 6. The number of anilines is 1. The van der Waals surface area contributed by atoms with E-state index in [-0.39, 0.29) is 17.0 Å². The van der Waals surface area contributed by atoms with Crippen molar-refractivity contribution in [2.45, 2.75) is 45.4 Å². The molecule has 1 aliphatic heterocycles. The second kappa shape index (κ2) is 9.42. The Morgan fingerprint density at radius 3 is 2.87 bits per heavy atom. The third-order valence-corrected chi connectivity index (χ3v) is 6.37. The molecule has 5 N–H and O–H groups in total. The summed E-state index contributed by atoms with van der Waals surface area (Å²) in [6.45, 7) is 10.5. The van der Waals surface area contributed by atoms with E-state index in [2.05, 4.69) is 21.9 Å². The summed E-state index contributed by atoms with van der Waals surface area (Å²) >= 11 is 1.34. The molecule has 2 aromatic heterocycles. The molecule has 0 fully saturated rings. The molecule has 1 aliphatic rings. The summed E-state index contributed by atoms with van der Waals surface area (Å²) in [6.07, 6.45) is 3.00. The van der Waals surface area contributed by atoms with Gasteiger partial charge in [-0.25, -0.2) is 9.67 Å². The van der Waals surface area contributed by atoms with E-state index in [9.17, 15) is 4.79 Å². The molecule has 1 atom stereocenters. The number of pyridine rings is 1. The fourth-order valence-electron chi connectivity index (χ4n) is 3.63. The summed E-state index contributed by atoms with van der Waals surface area (Å²) in [6, 6.07) is 0. The number of amides is 1. The minimum atomic E-state index is -0.301. The number of hydrogen-bond acceptors (Lipinski definition) is 8. The van der Waals surface area contributed by atoms with Crippen LogP contribution in [0, 0.1) is 13.8 Å². The van der Waals surface area contributed by atoms with Crippen molar-refractivity contribution in [3.05, 3.63) is 46.7 Å². The molecule has 0 bridgehead atoms. The number of thioether (sulfide) groups is 1. The van der Waals surface area contributed by atoms with E-state index >= 15 is 0 Å². The lowest BCUT2D eigenvalue weighted by molar-refractivity contribution is -0.120. The Morgan fingerprint density at radius 1 is 1.48 bits per heavy atom. The summed E-state index contributed by atoms with van der Waals surface area (Å²) < 4.78 is 7.23. The van der Waals surface area contributed by atoms with Crippen LogP contribution in [0.2, 0.25) is 0 Å². The average molecular weight is 444 g/mol. The van der Waals surface area contributed by atoms with Crippen LogP contribution in [0.4, 0.5) is 5.82 Å². The molecule has 0 aromatic carbocycles. The van der Waals surface area contributed by atoms with Crippen LogP contribution in [0.1, 0.15) is 41.4 Å². The van der Waals surface area contributed by atoms with Gasteiger partial charge in [0, 0.05) is 23.9 Å². The Balaban J connectivity index is 2.00. The lowest BCUT2D eigenvalue weighted by Crippen LogP contribution is -2.33. The number of aromatic nitrogens is 3. The molecule has 166 valence electrons. The van der Waals surface area contributed by atoms with E-state index in [4.69, 9.17) is 21.3 Å². The predicted octanol–water partition coefficient (Wildman–Crippen LogP) is 1.89. The first-order chi connectivity index (χ1) is 14.8. The molecule has 10 heteroatoms. The minimum Gasteiger partial charge on any atom is -0.496 e. The second-order valence-corrected chi connectivity index (χ2v) is 8.55. The Bertz CT molecular complexity index is 1040. The van der Waals surface area contributed by atoms with Gasteiger partial charge in [-0.3, -0.25) is 9.78 Å². The molecule has 31 heavy (non-hydrogen) atoms. The highest BCUT2D eigenvalue weighted by Crippen LogP contribution is 2.34. The highest BCUT2D eigenvalue weighted by Gasteiger charge is 2.31. The van der Waals surface area contributed by atoms with Crippen LogP contribution in [-0.2, 0) is 17.8 Å². The van der Waals surface area contributed by atoms with Gasteiger partial charge in [0.05, 0.1) is 35.9 Å². The number of nitrogens with zero attached hydrogens (tertiary/aromatic N) is 4. The third-order valence-electron chi connectivity index (χ3n) is 5.11. The number of aryl methyl sites for hydroxylation is 2. The molecule has 0 aliphatic carbocycles. The molecule has 0 spiro atoms. The van der Waals surface area contributed by atoms with Crippen LogP contribution < -0.4 is 21.5 Å². The first kappa shape index (κ1) is 22.7. The molecule has 1 unspecified atom stereocenters. The zero-order valence-electron chi connectivity index (χ0n) is 18.4. The number of aliphatic imine (C=N–C) groups is 1. The fraction of sp³-hybridized carbons (Fsp3) is 0.429. The standard InChI is InChI=1S/C21H29N7O2S/c1-6-24-20(29)16-8-7-14-17(21(31-16)26-13(4)22)19(23)28(27-14)10-15-12(3)18(30-5)11(2)9-25-15/h9,16H,4,6-8,10,22-23H2,1-3,5H3,(H,24,29). The quantitative estimate of drug-likeness (QED) is 0.621. The van der Waals surface area contributed by atoms with Crippen molar-refractivity contribution in [1.82, 2.24) is 20.1 Å². The van der Waals surface area contributed by atoms with E-state index in [1.165, 1.54) is 11.8 Å². The maximum atomic E-state index is 12.5. The molecule has 0 saturated carbocycles. The van der Waals surface area contributed by atoms with Crippen LogP contribution in [0.3, 0.4) is 0 Å². The summed E-state index contributed by atoms with van der Waals surface area (Å²) in [5.41, 5.74) is 16.5. The maximum Gasteiger partial charge on any atom is 0.233 e. The number of ether oxygens (including phenoxy) is 1. The molecule has 0 radical (unpaired) electrons. The van der Waals surface area contributed by atoms with Gasteiger partial charge in [-0.05, 0) is 33.6 Å². The number of carbonyl (C=O) groups excluding carboxylic acids is 1. The summed E-state index contributed by atoms with van der Waals surface area (Å²) in [5.74, 6) is 1.38. The summed E-state index contributed by atoms with van der Waals surface area (Å²) in [7, 11) is 1.65. The number of nitrogen functional groups attached to an aromatic ring is 1. The van der Waals surface area contributed by atoms with Crippen LogP contribution in [-0.4, -0.2) is 44.6 Å². The van der Waals surface area contributed by atoms with Crippen molar-refractivity contribution in [3.63, 3.8) is 0 Å². The van der Waals surface area contributed by atoms with E-state index in [1.54, 1.807) is 18.0 Å². The molecular weight excluding hydrogens is 414 g/mol. The normalized spacial score (nSPS) is 17.2. The smallest absolute Gasteiger partial charge is 0.233 e. The van der Waals surface area contributed by atoms with E-state index < -0.39 is 0 Å². The number of nitrogens with one attached hydrogen (secondary N) is 1. The Kier molecular flexibility index (Phi) is 6.89. The Morgan fingerprint density at radius 2 is 2.23 bits per heavy atom. The zero-order chi connectivity index (χ0) is 22.7. The lowest BCUT2D eigenvalue weighted by atomic mass is 10.1. The van der Waals surface area contributed by atoms with Crippen LogP contribution >= 0.6 is 11.8 Å². The highest BCUT2D eigenvalue weighted by atomic mass is 32.2. The van der Waals surface area contributed by atoms with Crippen molar-refractivity contribution in [2.75, 3.05) is 19.4 Å².